The van der Waals surface area contributed by atoms with Gasteiger partial charge in [-0.25, -0.2) is 14.8 Å². The number of rotatable bonds is 4. The Labute approximate surface area is 157 Å². The van der Waals surface area contributed by atoms with Crippen molar-refractivity contribution in [2.75, 3.05) is 0 Å². The Morgan fingerprint density at radius 2 is 2.04 bits per heavy atom. The fourth-order valence-corrected chi connectivity index (χ4v) is 3.11. The first-order chi connectivity index (χ1) is 12.3. The van der Waals surface area contributed by atoms with Crippen molar-refractivity contribution in [3.8, 4) is 11.3 Å². The zero-order chi connectivity index (χ0) is 19.0. The van der Waals surface area contributed by atoms with E-state index in [2.05, 4.69) is 15.3 Å². The molecule has 134 valence electrons. The van der Waals surface area contributed by atoms with E-state index in [0.29, 0.717) is 32.6 Å². The third-order valence-corrected chi connectivity index (χ3v) is 4.32. The number of carboxylic acid groups (broad SMARTS) is 1. The summed E-state index contributed by atoms with van der Waals surface area (Å²) in [6.45, 7) is 1.70. The normalized spacial score (nSPS) is 10.9. The summed E-state index contributed by atoms with van der Waals surface area (Å²) < 4.78 is 1.56. The summed E-state index contributed by atoms with van der Waals surface area (Å²) in [7, 11) is 0. The Morgan fingerprint density at radius 1 is 1.31 bits per heavy atom. The lowest BCUT2D eigenvalue weighted by Gasteiger charge is -2.16. The predicted molar refractivity (Wildman–Crippen MR) is 96.6 cm³/mol. The van der Waals surface area contributed by atoms with Gasteiger partial charge in [-0.3, -0.25) is 9.20 Å². The first-order valence-corrected chi connectivity index (χ1v) is 8.14. The second kappa shape index (κ2) is 6.81. The van der Waals surface area contributed by atoms with Crippen molar-refractivity contribution in [1.82, 2.24) is 19.7 Å². The Kier molecular flexibility index (Phi) is 4.71. The smallest absolute Gasteiger partial charge is 0.404 e. The lowest BCUT2D eigenvalue weighted by Crippen LogP contribution is -2.22. The molecule has 3 aromatic rings. The molecule has 0 radical (unpaired) electrons. The highest BCUT2D eigenvalue weighted by molar-refractivity contribution is 6.36. The molecule has 0 aliphatic heterocycles. The van der Waals surface area contributed by atoms with Gasteiger partial charge in [-0.15, -0.1) is 0 Å². The van der Waals surface area contributed by atoms with Crippen molar-refractivity contribution >= 4 is 41.0 Å². The van der Waals surface area contributed by atoms with E-state index < -0.39 is 12.0 Å². The Hall–Kier alpha value is -2.84. The molecule has 10 heteroatoms. The molecule has 26 heavy (non-hydrogen) atoms. The van der Waals surface area contributed by atoms with Crippen LogP contribution in [0.25, 0.3) is 17.0 Å². The summed E-state index contributed by atoms with van der Waals surface area (Å²) in [4.78, 5) is 30.9. The highest BCUT2D eigenvalue weighted by Crippen LogP contribution is 2.34. The quantitative estimate of drug-likeness (QED) is 0.628. The molecule has 4 N–H and O–H groups in total. The first kappa shape index (κ1) is 18.0. The van der Waals surface area contributed by atoms with Crippen molar-refractivity contribution in [2.24, 2.45) is 5.73 Å². The van der Waals surface area contributed by atoms with Crippen LogP contribution in [0.5, 0.6) is 0 Å². The van der Waals surface area contributed by atoms with Crippen molar-refractivity contribution in [1.29, 1.82) is 0 Å². The second-order valence-electron chi connectivity index (χ2n) is 5.47. The van der Waals surface area contributed by atoms with Gasteiger partial charge in [-0.05, 0) is 25.1 Å². The van der Waals surface area contributed by atoms with Gasteiger partial charge in [-0.2, -0.15) is 0 Å². The number of nitrogens with zero attached hydrogens (tertiary/aromatic N) is 3. The summed E-state index contributed by atoms with van der Waals surface area (Å²) in [6, 6.07) is 4.93. The standard InChI is InChI=1S/C16H13Cl2N5O3/c1-7-10(5-20-16(25)26)13(9-3-2-8(17)4-11(9)18)23-6-12(14(19)24)22-15(23)21-7/h2-4,6,20H,5H2,1H3,(H2,19,24)(H,25,26). The molecule has 0 spiro atoms. The van der Waals surface area contributed by atoms with Gasteiger partial charge in [0.15, 0.2) is 0 Å². The number of primary amides is 1. The molecule has 8 nitrogen and oxygen atoms in total. The molecular weight excluding hydrogens is 381 g/mol. The fourth-order valence-electron chi connectivity index (χ4n) is 2.62. The van der Waals surface area contributed by atoms with Crippen molar-refractivity contribution in [2.45, 2.75) is 13.5 Å². The minimum Gasteiger partial charge on any atom is -0.465 e. The number of carbonyl (C=O) groups is 2. The molecule has 0 atom stereocenters. The van der Waals surface area contributed by atoms with Gasteiger partial charge >= 0.3 is 6.09 Å². The highest BCUT2D eigenvalue weighted by Gasteiger charge is 2.20. The Bertz CT molecular complexity index is 1050. The highest BCUT2D eigenvalue weighted by atomic mass is 35.5. The van der Waals surface area contributed by atoms with Gasteiger partial charge in [0, 0.05) is 28.0 Å². The van der Waals surface area contributed by atoms with Gasteiger partial charge in [-0.1, -0.05) is 23.2 Å². The topological polar surface area (TPSA) is 123 Å². The van der Waals surface area contributed by atoms with E-state index in [1.54, 1.807) is 29.5 Å². The number of nitrogens with two attached hydrogens (primary N) is 1. The Morgan fingerprint density at radius 3 is 2.65 bits per heavy atom. The van der Waals surface area contributed by atoms with E-state index in [1.807, 2.05) is 0 Å². The molecule has 0 aliphatic carbocycles. The number of amides is 2. The van der Waals surface area contributed by atoms with E-state index in [-0.39, 0.29) is 18.0 Å². The number of halogens is 2. The average molecular weight is 394 g/mol. The number of imidazole rings is 1. The molecule has 0 saturated heterocycles. The van der Waals surface area contributed by atoms with Crippen LogP contribution in [-0.4, -0.2) is 31.5 Å². The third kappa shape index (κ3) is 3.29. The number of hydrogen-bond donors (Lipinski definition) is 3. The van der Waals surface area contributed by atoms with Crippen LogP contribution in [0.2, 0.25) is 10.0 Å². The maximum absolute atomic E-state index is 11.5. The van der Waals surface area contributed by atoms with Gasteiger partial charge < -0.3 is 16.2 Å². The molecule has 2 heterocycles. The molecule has 0 bridgehead atoms. The first-order valence-electron chi connectivity index (χ1n) is 7.38. The molecule has 0 saturated carbocycles. The van der Waals surface area contributed by atoms with E-state index >= 15 is 0 Å². The van der Waals surface area contributed by atoms with Gasteiger partial charge in [0.2, 0.25) is 5.78 Å². The van der Waals surface area contributed by atoms with Gasteiger partial charge in [0.05, 0.1) is 17.3 Å². The maximum atomic E-state index is 11.5. The van der Waals surface area contributed by atoms with Gasteiger partial charge in [0.1, 0.15) is 5.69 Å². The lowest BCUT2D eigenvalue weighted by molar-refractivity contribution is 0.0996. The number of nitrogens with one attached hydrogen (secondary N) is 1. The van der Waals surface area contributed by atoms with Crippen LogP contribution in [0, 0.1) is 6.92 Å². The predicted octanol–water partition coefficient (Wildman–Crippen LogP) is 2.88. The summed E-state index contributed by atoms with van der Waals surface area (Å²) in [6.07, 6.45) is 0.260. The van der Waals surface area contributed by atoms with Crippen LogP contribution in [0.1, 0.15) is 21.7 Å². The number of fused-ring (bicyclic) bond motifs is 1. The van der Waals surface area contributed by atoms with Crippen molar-refractivity contribution in [3.05, 3.63) is 51.4 Å². The van der Waals surface area contributed by atoms with Crippen LogP contribution in [-0.2, 0) is 6.54 Å². The number of aryl methyl sites for hydroxylation is 1. The van der Waals surface area contributed by atoms with E-state index in [4.69, 9.17) is 34.0 Å². The van der Waals surface area contributed by atoms with Crippen LogP contribution < -0.4 is 11.1 Å². The lowest BCUT2D eigenvalue weighted by atomic mass is 10.0. The fraction of sp³-hybridized carbons (Fsp3) is 0.125. The zero-order valence-electron chi connectivity index (χ0n) is 13.5. The monoisotopic (exact) mass is 393 g/mol. The van der Waals surface area contributed by atoms with Crippen LogP contribution in [0.4, 0.5) is 4.79 Å². The average Bonchev–Trinajstić information content (AvgIpc) is 2.96. The zero-order valence-corrected chi connectivity index (χ0v) is 15.0. The summed E-state index contributed by atoms with van der Waals surface area (Å²) in [5.41, 5.74) is 7.60. The largest absolute Gasteiger partial charge is 0.465 e. The number of aromatic nitrogens is 3. The van der Waals surface area contributed by atoms with Crippen LogP contribution in [0.3, 0.4) is 0 Å². The summed E-state index contributed by atoms with van der Waals surface area (Å²) in [5, 5.41) is 12.1. The van der Waals surface area contributed by atoms with E-state index in [9.17, 15) is 9.59 Å². The molecule has 2 aromatic heterocycles. The van der Waals surface area contributed by atoms with Crippen LogP contribution >= 0.6 is 23.2 Å². The van der Waals surface area contributed by atoms with E-state index in [1.165, 1.54) is 6.20 Å². The SMILES string of the molecule is Cc1nc2nc(C(N)=O)cn2c(-c2ccc(Cl)cc2Cl)c1CNC(=O)O. The molecule has 0 fully saturated rings. The van der Waals surface area contributed by atoms with Crippen LogP contribution in [0.15, 0.2) is 24.4 Å². The molecule has 3 rings (SSSR count). The third-order valence-electron chi connectivity index (χ3n) is 3.77. The molecule has 2 amide bonds. The minimum atomic E-state index is -1.18. The summed E-state index contributed by atoms with van der Waals surface area (Å²) in [5.74, 6) is -0.456. The van der Waals surface area contributed by atoms with E-state index in [0.717, 1.165) is 0 Å². The van der Waals surface area contributed by atoms with Crippen molar-refractivity contribution < 1.29 is 14.7 Å². The second-order valence-corrected chi connectivity index (χ2v) is 6.31. The molecular formula is C16H13Cl2N5O3. The molecule has 0 aliphatic rings. The number of benzene rings is 1. The molecule has 1 aromatic carbocycles. The van der Waals surface area contributed by atoms with Crippen molar-refractivity contribution in [3.63, 3.8) is 0 Å². The summed E-state index contributed by atoms with van der Waals surface area (Å²) >= 11 is 12.3. The minimum absolute atomic E-state index is 0.0114. The van der Waals surface area contributed by atoms with Gasteiger partial charge in [0.25, 0.3) is 5.91 Å². The Balaban J connectivity index is 2.35. The maximum Gasteiger partial charge on any atom is 0.404 e. The number of hydrogen-bond acceptors (Lipinski definition) is 4. The number of carbonyl (C=O) groups excluding carboxylic acids is 1. The molecule has 0 unspecified atom stereocenters.